The first kappa shape index (κ1) is 12.9. The van der Waals surface area contributed by atoms with Gasteiger partial charge in [0.2, 0.25) is 0 Å². The number of likely N-dealkylation sites (N-methyl/N-ethyl adjacent to an activating group) is 1. The second-order valence-corrected chi connectivity index (χ2v) is 4.52. The van der Waals surface area contributed by atoms with Crippen molar-refractivity contribution in [3.05, 3.63) is 0 Å². The number of nitrogens with zero attached hydrogens (tertiary/aromatic N) is 1. The largest absolute Gasteiger partial charge is 0.380 e. The minimum absolute atomic E-state index is 0.704. The summed E-state index contributed by atoms with van der Waals surface area (Å²) in [5.74, 6) is 0. The normalized spacial score (nSPS) is 22.2. The van der Waals surface area contributed by atoms with Gasteiger partial charge in [-0.05, 0) is 32.9 Å². The third kappa shape index (κ3) is 6.13. The first-order chi connectivity index (χ1) is 7.33. The number of ether oxygens (including phenoxy) is 1. The van der Waals surface area contributed by atoms with Crippen LogP contribution in [0.4, 0.5) is 0 Å². The Morgan fingerprint density at radius 1 is 1.33 bits per heavy atom. The maximum Gasteiger partial charge on any atom is 0.0593 e. The highest BCUT2D eigenvalue weighted by Gasteiger charge is 2.13. The van der Waals surface area contributed by atoms with E-state index in [9.17, 15) is 0 Å². The van der Waals surface area contributed by atoms with E-state index < -0.39 is 0 Å². The molecule has 1 heterocycles. The van der Waals surface area contributed by atoms with Gasteiger partial charge in [-0.2, -0.15) is 0 Å². The van der Waals surface area contributed by atoms with Gasteiger partial charge in [-0.25, -0.2) is 0 Å². The van der Waals surface area contributed by atoms with E-state index in [2.05, 4.69) is 24.2 Å². The molecule has 0 aliphatic carbocycles. The van der Waals surface area contributed by atoms with Gasteiger partial charge in [0, 0.05) is 25.7 Å². The monoisotopic (exact) mass is 214 g/mol. The number of rotatable bonds is 7. The topological polar surface area (TPSA) is 24.5 Å². The molecule has 0 aromatic heterocycles. The molecule has 3 nitrogen and oxygen atoms in total. The third-order valence-corrected chi connectivity index (χ3v) is 2.91. The summed E-state index contributed by atoms with van der Waals surface area (Å²) in [6.45, 7) is 7.33. The molecule has 0 bridgehead atoms. The van der Waals surface area contributed by atoms with Gasteiger partial charge in [0.1, 0.15) is 0 Å². The van der Waals surface area contributed by atoms with Gasteiger partial charge in [0.15, 0.2) is 0 Å². The summed E-state index contributed by atoms with van der Waals surface area (Å²) < 4.78 is 5.48. The lowest BCUT2D eigenvalue weighted by atomic mass is 10.0. The Kier molecular flexibility index (Phi) is 6.98. The van der Waals surface area contributed by atoms with Crippen LogP contribution in [0.1, 0.15) is 32.6 Å². The molecule has 0 aromatic carbocycles. The number of hydrogen-bond acceptors (Lipinski definition) is 3. The molecule has 0 radical (unpaired) electrons. The van der Waals surface area contributed by atoms with Crippen molar-refractivity contribution in [2.75, 3.05) is 39.9 Å². The van der Waals surface area contributed by atoms with Crippen LogP contribution in [0.2, 0.25) is 0 Å². The maximum atomic E-state index is 5.48. The van der Waals surface area contributed by atoms with Crippen molar-refractivity contribution in [3.63, 3.8) is 0 Å². The minimum Gasteiger partial charge on any atom is -0.380 e. The molecule has 3 heteroatoms. The van der Waals surface area contributed by atoms with Crippen molar-refractivity contribution in [1.82, 2.24) is 10.2 Å². The van der Waals surface area contributed by atoms with E-state index >= 15 is 0 Å². The standard InChI is InChI=1S/C12H26N2O/c1-3-9-15-10-8-14(2)11-12-6-4-5-7-13-12/h12-13H,3-11H2,1-2H3. The molecule has 1 N–H and O–H groups in total. The van der Waals surface area contributed by atoms with Crippen molar-refractivity contribution in [2.24, 2.45) is 0 Å². The Morgan fingerprint density at radius 2 is 2.20 bits per heavy atom. The fourth-order valence-electron chi connectivity index (χ4n) is 2.01. The smallest absolute Gasteiger partial charge is 0.0593 e. The van der Waals surface area contributed by atoms with Crippen molar-refractivity contribution in [1.29, 1.82) is 0 Å². The van der Waals surface area contributed by atoms with Gasteiger partial charge in [-0.3, -0.25) is 0 Å². The van der Waals surface area contributed by atoms with Crippen LogP contribution in [0.15, 0.2) is 0 Å². The zero-order valence-corrected chi connectivity index (χ0v) is 10.3. The second kappa shape index (κ2) is 8.08. The number of hydrogen-bond donors (Lipinski definition) is 1. The summed E-state index contributed by atoms with van der Waals surface area (Å²) in [7, 11) is 2.19. The summed E-state index contributed by atoms with van der Waals surface area (Å²) in [6, 6.07) is 0.704. The zero-order valence-electron chi connectivity index (χ0n) is 10.3. The molecular formula is C12H26N2O. The molecule has 90 valence electrons. The van der Waals surface area contributed by atoms with E-state index in [1.807, 2.05) is 0 Å². The van der Waals surface area contributed by atoms with Crippen molar-refractivity contribution in [3.8, 4) is 0 Å². The van der Waals surface area contributed by atoms with Gasteiger partial charge in [-0.1, -0.05) is 13.3 Å². The van der Waals surface area contributed by atoms with Crippen LogP contribution >= 0.6 is 0 Å². The van der Waals surface area contributed by atoms with E-state index in [1.54, 1.807) is 0 Å². The fraction of sp³-hybridized carbons (Fsp3) is 1.00. The Balaban J connectivity index is 1.98. The third-order valence-electron chi connectivity index (χ3n) is 2.91. The van der Waals surface area contributed by atoms with Crippen LogP contribution in [-0.2, 0) is 4.74 Å². The summed E-state index contributed by atoms with van der Waals surface area (Å²) >= 11 is 0. The van der Waals surface area contributed by atoms with Crippen molar-refractivity contribution in [2.45, 2.75) is 38.6 Å². The highest BCUT2D eigenvalue weighted by Crippen LogP contribution is 2.07. The van der Waals surface area contributed by atoms with E-state index in [4.69, 9.17) is 4.74 Å². The van der Waals surface area contributed by atoms with E-state index in [0.717, 1.165) is 32.7 Å². The SMILES string of the molecule is CCCOCCN(C)CC1CCCCN1. The van der Waals surface area contributed by atoms with Crippen LogP contribution in [0.25, 0.3) is 0 Å². The zero-order chi connectivity index (χ0) is 10.9. The van der Waals surface area contributed by atoms with Crippen LogP contribution < -0.4 is 5.32 Å². The molecule has 1 fully saturated rings. The van der Waals surface area contributed by atoms with Crippen LogP contribution in [0, 0.1) is 0 Å². The van der Waals surface area contributed by atoms with E-state index in [0.29, 0.717) is 6.04 Å². The van der Waals surface area contributed by atoms with Crippen molar-refractivity contribution >= 4 is 0 Å². The molecule has 1 aliphatic rings. The predicted octanol–water partition coefficient (Wildman–Crippen LogP) is 1.49. The predicted molar refractivity (Wildman–Crippen MR) is 64.2 cm³/mol. The van der Waals surface area contributed by atoms with Crippen LogP contribution in [-0.4, -0.2) is 50.8 Å². The Labute approximate surface area is 94.2 Å². The molecule has 1 atom stereocenters. The average Bonchev–Trinajstić information content (AvgIpc) is 2.26. The first-order valence-electron chi connectivity index (χ1n) is 6.32. The minimum atomic E-state index is 0.704. The Bertz CT molecular complexity index is 147. The highest BCUT2D eigenvalue weighted by molar-refractivity contribution is 4.74. The molecule has 1 saturated heterocycles. The first-order valence-corrected chi connectivity index (χ1v) is 6.32. The fourth-order valence-corrected chi connectivity index (χ4v) is 2.01. The van der Waals surface area contributed by atoms with Gasteiger partial charge >= 0.3 is 0 Å². The molecule has 1 rings (SSSR count). The number of piperidine rings is 1. The van der Waals surface area contributed by atoms with E-state index in [-0.39, 0.29) is 0 Å². The summed E-state index contributed by atoms with van der Waals surface area (Å²) in [6.07, 6.45) is 5.19. The highest BCUT2D eigenvalue weighted by atomic mass is 16.5. The lowest BCUT2D eigenvalue weighted by Crippen LogP contribution is -2.43. The lowest BCUT2D eigenvalue weighted by Gasteiger charge is -2.28. The number of nitrogens with one attached hydrogen (secondary N) is 1. The molecule has 0 amide bonds. The Hall–Kier alpha value is -0.120. The van der Waals surface area contributed by atoms with E-state index in [1.165, 1.54) is 25.8 Å². The molecule has 0 spiro atoms. The molecule has 1 aliphatic heterocycles. The van der Waals surface area contributed by atoms with Crippen LogP contribution in [0.5, 0.6) is 0 Å². The van der Waals surface area contributed by atoms with Gasteiger partial charge in [-0.15, -0.1) is 0 Å². The summed E-state index contributed by atoms with van der Waals surface area (Å²) in [5.41, 5.74) is 0. The average molecular weight is 214 g/mol. The molecular weight excluding hydrogens is 188 g/mol. The molecule has 15 heavy (non-hydrogen) atoms. The molecule has 0 aromatic rings. The van der Waals surface area contributed by atoms with Gasteiger partial charge in [0.25, 0.3) is 0 Å². The van der Waals surface area contributed by atoms with Crippen LogP contribution in [0.3, 0.4) is 0 Å². The molecule has 1 unspecified atom stereocenters. The molecule has 0 saturated carbocycles. The summed E-state index contributed by atoms with van der Waals surface area (Å²) in [4.78, 5) is 2.37. The van der Waals surface area contributed by atoms with Gasteiger partial charge in [0.05, 0.1) is 6.61 Å². The van der Waals surface area contributed by atoms with Crippen molar-refractivity contribution < 1.29 is 4.74 Å². The maximum absolute atomic E-state index is 5.48. The summed E-state index contributed by atoms with van der Waals surface area (Å²) in [5, 5.41) is 3.57. The quantitative estimate of drug-likeness (QED) is 0.650. The Morgan fingerprint density at radius 3 is 2.87 bits per heavy atom. The second-order valence-electron chi connectivity index (χ2n) is 4.52. The van der Waals surface area contributed by atoms with Gasteiger partial charge < -0.3 is 15.0 Å². The lowest BCUT2D eigenvalue weighted by molar-refractivity contribution is 0.108.